The molecule has 5 rings (SSSR count). The molecule has 2 N–H and O–H groups in total. The Bertz CT molecular complexity index is 1170. The molecule has 0 aliphatic heterocycles. The van der Waals surface area contributed by atoms with Crippen LogP contribution < -0.4 is 0 Å². The number of aliphatic hydroxyl groups is 2. The fourth-order valence-corrected chi connectivity index (χ4v) is 11.7. The minimum absolute atomic E-state index is 0.127. The SMILES string of the molecule is CC[C@@H]1C2C[C@H](O)CC[C@]2(C)[C@H]2CCC3(C)[C@@H]([C@H](C)CCC(=O)N(C)S(=O)(=O)c4ccccc4)CC[C@H]3[C@@H]2[C@@H]1O. The van der Waals surface area contributed by atoms with Gasteiger partial charge in [-0.15, -0.1) is 0 Å². The second-order valence-corrected chi connectivity index (χ2v) is 16.3. The Kier molecular flexibility index (Phi) is 8.26. The molecular weight excluding hydrogens is 522 g/mol. The quantitative estimate of drug-likeness (QED) is 0.425. The lowest BCUT2D eigenvalue weighted by atomic mass is 9.41. The summed E-state index contributed by atoms with van der Waals surface area (Å²) in [5.74, 6) is 2.35. The molecule has 11 atom stereocenters. The average Bonchev–Trinajstić information content (AvgIpc) is 3.30. The van der Waals surface area contributed by atoms with Crippen LogP contribution in [0.4, 0.5) is 0 Å². The fraction of sp³-hybridized carbons (Fsp3) is 0.788. The minimum atomic E-state index is -3.84. The highest BCUT2D eigenvalue weighted by Gasteiger charge is 2.64. The van der Waals surface area contributed by atoms with E-state index in [1.807, 2.05) is 0 Å². The average molecular weight is 574 g/mol. The van der Waals surface area contributed by atoms with Crippen LogP contribution in [0.2, 0.25) is 0 Å². The van der Waals surface area contributed by atoms with Crippen molar-refractivity contribution in [2.24, 2.45) is 52.3 Å². The maximum atomic E-state index is 13.0. The van der Waals surface area contributed by atoms with Crippen LogP contribution in [-0.4, -0.2) is 48.1 Å². The van der Waals surface area contributed by atoms with E-state index in [1.54, 1.807) is 18.2 Å². The Balaban J connectivity index is 1.29. The van der Waals surface area contributed by atoms with Crippen molar-refractivity contribution < 1.29 is 23.4 Å². The van der Waals surface area contributed by atoms with Crippen LogP contribution in [-0.2, 0) is 14.8 Å². The molecule has 0 saturated heterocycles. The van der Waals surface area contributed by atoms with Gasteiger partial charge in [0.15, 0.2) is 0 Å². The zero-order valence-corrected chi connectivity index (χ0v) is 25.9. The van der Waals surface area contributed by atoms with Gasteiger partial charge in [0.05, 0.1) is 17.1 Å². The first-order chi connectivity index (χ1) is 18.9. The summed E-state index contributed by atoms with van der Waals surface area (Å²) in [6, 6.07) is 8.15. The van der Waals surface area contributed by atoms with Crippen LogP contribution >= 0.6 is 0 Å². The van der Waals surface area contributed by atoms with Crippen LogP contribution in [0.1, 0.15) is 91.9 Å². The van der Waals surface area contributed by atoms with E-state index >= 15 is 0 Å². The van der Waals surface area contributed by atoms with E-state index in [0.29, 0.717) is 41.9 Å². The van der Waals surface area contributed by atoms with Gasteiger partial charge in [-0.05, 0) is 116 Å². The highest BCUT2D eigenvalue weighted by atomic mass is 32.2. The van der Waals surface area contributed by atoms with Crippen molar-refractivity contribution in [3.05, 3.63) is 30.3 Å². The predicted molar refractivity (Wildman–Crippen MR) is 157 cm³/mol. The molecule has 6 nitrogen and oxygen atoms in total. The molecule has 4 aliphatic carbocycles. The standard InChI is InChI=1S/C33H51NO5S/c1-6-24-28-20-22(35)16-18-33(28,4)27-17-19-32(3)25(13-14-26(32)30(27)31(24)37)21(2)12-15-29(36)34(5)40(38,39)23-10-8-7-9-11-23/h7-11,21-22,24-28,30-31,35,37H,6,12-20H2,1-5H3/t21-,22-,24-,25-,26+,27+,28?,30+,31-,32?,33-/m1/s1. The summed E-state index contributed by atoms with van der Waals surface area (Å²) in [6.45, 7) is 9.38. The maximum absolute atomic E-state index is 13.0. The van der Waals surface area contributed by atoms with Gasteiger partial charge in [0.1, 0.15) is 0 Å². The zero-order chi connectivity index (χ0) is 29.0. The minimum Gasteiger partial charge on any atom is -0.393 e. The first-order valence-corrected chi connectivity index (χ1v) is 17.2. The number of carbonyl (C=O) groups excluding carboxylic acids is 1. The van der Waals surface area contributed by atoms with Gasteiger partial charge in [0.25, 0.3) is 10.0 Å². The number of benzene rings is 1. The summed E-state index contributed by atoms with van der Waals surface area (Å²) in [5.41, 5.74) is 0.318. The van der Waals surface area contributed by atoms with Crippen LogP contribution in [0, 0.1) is 52.3 Å². The van der Waals surface area contributed by atoms with Gasteiger partial charge >= 0.3 is 0 Å². The second-order valence-electron chi connectivity index (χ2n) is 14.3. The molecule has 0 aromatic heterocycles. The van der Waals surface area contributed by atoms with Crippen LogP contribution in [0.15, 0.2) is 35.2 Å². The molecule has 2 unspecified atom stereocenters. The van der Waals surface area contributed by atoms with Crippen LogP contribution in [0.25, 0.3) is 0 Å². The number of nitrogens with zero attached hydrogens (tertiary/aromatic N) is 1. The summed E-state index contributed by atoms with van der Waals surface area (Å²) in [5, 5.41) is 22.4. The lowest BCUT2D eigenvalue weighted by Crippen LogP contribution is -2.62. The summed E-state index contributed by atoms with van der Waals surface area (Å²) in [6.07, 6.45) is 8.61. The maximum Gasteiger partial charge on any atom is 0.266 e. The number of hydrogen-bond acceptors (Lipinski definition) is 5. The van der Waals surface area contributed by atoms with Crippen LogP contribution in [0.3, 0.4) is 0 Å². The monoisotopic (exact) mass is 573 g/mol. The van der Waals surface area contributed by atoms with Crippen molar-refractivity contribution in [3.8, 4) is 0 Å². The summed E-state index contributed by atoms with van der Waals surface area (Å²) in [4.78, 5) is 13.2. The Morgan fingerprint density at radius 1 is 1.00 bits per heavy atom. The molecule has 224 valence electrons. The molecule has 4 aliphatic rings. The second kappa shape index (κ2) is 11.0. The first-order valence-electron chi connectivity index (χ1n) is 15.8. The third kappa shape index (κ3) is 4.76. The van der Waals surface area contributed by atoms with E-state index in [-0.39, 0.29) is 46.2 Å². The number of aliphatic hydroxyl groups excluding tert-OH is 2. The van der Waals surface area contributed by atoms with Crippen molar-refractivity contribution >= 4 is 15.9 Å². The Hall–Kier alpha value is -1.44. The molecule has 1 aromatic carbocycles. The molecule has 0 radical (unpaired) electrons. The molecule has 4 saturated carbocycles. The number of amides is 1. The van der Waals surface area contributed by atoms with Gasteiger partial charge in [-0.3, -0.25) is 4.79 Å². The molecular formula is C33H51NO5S. The molecule has 0 spiro atoms. The molecule has 4 fully saturated rings. The smallest absolute Gasteiger partial charge is 0.266 e. The lowest BCUT2D eigenvalue weighted by molar-refractivity contribution is -0.203. The Labute approximate surface area is 242 Å². The molecule has 1 aromatic rings. The van der Waals surface area contributed by atoms with E-state index in [2.05, 4.69) is 27.7 Å². The normalized spacial score (nSPS) is 41.9. The van der Waals surface area contributed by atoms with Crippen molar-refractivity contribution in [2.45, 2.75) is 109 Å². The number of hydrogen-bond donors (Lipinski definition) is 2. The Morgan fingerprint density at radius 2 is 1.65 bits per heavy atom. The third-order valence-corrected chi connectivity index (χ3v) is 14.5. The van der Waals surface area contributed by atoms with Crippen molar-refractivity contribution in [1.29, 1.82) is 0 Å². The molecule has 1 amide bonds. The molecule has 0 heterocycles. The highest BCUT2D eigenvalue weighted by molar-refractivity contribution is 7.89. The summed E-state index contributed by atoms with van der Waals surface area (Å²) in [7, 11) is -2.47. The molecule has 0 bridgehead atoms. The van der Waals surface area contributed by atoms with Crippen molar-refractivity contribution in [1.82, 2.24) is 4.31 Å². The summed E-state index contributed by atoms with van der Waals surface area (Å²) >= 11 is 0. The lowest BCUT2D eigenvalue weighted by Gasteiger charge is -2.64. The topological polar surface area (TPSA) is 94.9 Å². The third-order valence-electron chi connectivity index (χ3n) is 12.7. The van der Waals surface area contributed by atoms with E-state index in [1.165, 1.54) is 19.2 Å². The number of rotatable bonds is 7. The highest BCUT2D eigenvalue weighted by Crippen LogP contribution is 2.69. The van der Waals surface area contributed by atoms with E-state index < -0.39 is 10.0 Å². The number of sulfonamides is 1. The van der Waals surface area contributed by atoms with Gasteiger partial charge < -0.3 is 10.2 Å². The van der Waals surface area contributed by atoms with Gasteiger partial charge in [0.2, 0.25) is 5.91 Å². The largest absolute Gasteiger partial charge is 0.393 e. The number of fused-ring (bicyclic) bond motifs is 5. The van der Waals surface area contributed by atoms with Crippen molar-refractivity contribution in [3.63, 3.8) is 0 Å². The van der Waals surface area contributed by atoms with Crippen molar-refractivity contribution in [2.75, 3.05) is 7.05 Å². The Morgan fingerprint density at radius 3 is 2.33 bits per heavy atom. The molecule has 40 heavy (non-hydrogen) atoms. The first kappa shape index (κ1) is 30.0. The van der Waals surface area contributed by atoms with Crippen LogP contribution in [0.5, 0.6) is 0 Å². The van der Waals surface area contributed by atoms with Gasteiger partial charge in [-0.25, -0.2) is 12.7 Å². The van der Waals surface area contributed by atoms with E-state index in [9.17, 15) is 23.4 Å². The zero-order valence-electron chi connectivity index (χ0n) is 25.1. The summed E-state index contributed by atoms with van der Waals surface area (Å²) < 4.78 is 26.8. The van der Waals surface area contributed by atoms with E-state index in [4.69, 9.17) is 0 Å². The number of carbonyl (C=O) groups is 1. The van der Waals surface area contributed by atoms with Gasteiger partial charge in [0, 0.05) is 13.5 Å². The predicted octanol–water partition coefficient (Wildman–Crippen LogP) is 5.88. The molecule has 7 heteroatoms. The fourth-order valence-electron chi connectivity index (χ4n) is 10.5. The van der Waals surface area contributed by atoms with E-state index in [0.717, 1.165) is 55.7 Å². The van der Waals surface area contributed by atoms with Gasteiger partial charge in [-0.1, -0.05) is 52.3 Å². The van der Waals surface area contributed by atoms with Gasteiger partial charge in [-0.2, -0.15) is 0 Å².